The zero-order chi connectivity index (χ0) is 22.1. The molecule has 0 fully saturated rings. The number of halogens is 1. The van der Waals surface area contributed by atoms with Crippen LogP contribution in [0.2, 0.25) is 5.02 Å². The molecule has 3 rings (SSSR count). The third kappa shape index (κ3) is 6.83. The zero-order valence-electron chi connectivity index (χ0n) is 17.2. The number of rotatable bonds is 9. The van der Waals surface area contributed by atoms with E-state index < -0.39 is 6.04 Å². The van der Waals surface area contributed by atoms with Gasteiger partial charge < -0.3 is 15.0 Å². The van der Waals surface area contributed by atoms with Gasteiger partial charge >= 0.3 is 0 Å². The lowest BCUT2D eigenvalue weighted by Crippen LogP contribution is -2.48. The Kier molecular flexibility index (Phi) is 8.01. The molecule has 0 aliphatic carbocycles. The first-order chi connectivity index (χ1) is 15.0. The number of pyridine rings is 1. The highest BCUT2D eigenvalue weighted by atomic mass is 35.5. The lowest BCUT2D eigenvalue weighted by molar-refractivity contribution is -0.142. The molecule has 1 aromatic heterocycles. The topological polar surface area (TPSA) is 71.5 Å². The van der Waals surface area contributed by atoms with Crippen LogP contribution in [-0.2, 0) is 22.7 Å². The number of nitrogens with zero attached hydrogens (tertiary/aromatic N) is 2. The normalized spacial score (nSPS) is 11.4. The SMILES string of the molecule is C[C@@H](C(=O)NCc1ccccn1)N(Cc1ccc(Cl)cc1)C(=O)COc1ccccc1. The molecule has 0 radical (unpaired) electrons. The second-order valence-corrected chi connectivity index (χ2v) is 7.40. The van der Waals surface area contributed by atoms with Crippen molar-refractivity contribution in [3.63, 3.8) is 0 Å². The van der Waals surface area contributed by atoms with Gasteiger partial charge in [0.2, 0.25) is 5.91 Å². The molecule has 0 spiro atoms. The predicted molar refractivity (Wildman–Crippen MR) is 119 cm³/mol. The Morgan fingerprint density at radius 1 is 1.03 bits per heavy atom. The maximum absolute atomic E-state index is 13.0. The lowest BCUT2D eigenvalue weighted by atomic mass is 10.1. The standard InChI is InChI=1S/C24H24ClN3O3/c1-18(24(30)27-15-21-7-5-6-14-26-21)28(16-19-10-12-20(25)13-11-19)23(29)17-31-22-8-3-2-4-9-22/h2-14,18H,15-17H2,1H3,(H,27,30)/t18-/m0/s1. The minimum atomic E-state index is -0.703. The van der Waals surface area contributed by atoms with Crippen molar-refractivity contribution in [2.75, 3.05) is 6.61 Å². The van der Waals surface area contributed by atoms with E-state index in [0.717, 1.165) is 11.3 Å². The number of hydrogen-bond donors (Lipinski definition) is 1. The molecule has 3 aromatic rings. The molecule has 7 heteroatoms. The highest BCUT2D eigenvalue weighted by Gasteiger charge is 2.26. The Morgan fingerprint density at radius 3 is 2.42 bits per heavy atom. The van der Waals surface area contributed by atoms with E-state index in [1.165, 1.54) is 4.90 Å². The Labute approximate surface area is 186 Å². The fourth-order valence-corrected chi connectivity index (χ4v) is 3.07. The average molecular weight is 438 g/mol. The summed E-state index contributed by atoms with van der Waals surface area (Å²) in [4.78, 5) is 31.5. The van der Waals surface area contributed by atoms with Crippen LogP contribution < -0.4 is 10.1 Å². The maximum Gasteiger partial charge on any atom is 0.261 e. The van der Waals surface area contributed by atoms with Crippen LogP contribution >= 0.6 is 11.6 Å². The van der Waals surface area contributed by atoms with Crippen molar-refractivity contribution in [1.82, 2.24) is 15.2 Å². The van der Waals surface area contributed by atoms with Crippen LogP contribution in [0, 0.1) is 0 Å². The van der Waals surface area contributed by atoms with Gasteiger partial charge in [0.05, 0.1) is 12.2 Å². The van der Waals surface area contributed by atoms with Crippen molar-refractivity contribution < 1.29 is 14.3 Å². The van der Waals surface area contributed by atoms with E-state index in [1.54, 1.807) is 37.4 Å². The molecule has 2 aromatic carbocycles. The number of carbonyl (C=O) groups is 2. The Hall–Kier alpha value is -3.38. The summed E-state index contributed by atoms with van der Waals surface area (Å²) in [5, 5.41) is 3.45. The number of hydrogen-bond acceptors (Lipinski definition) is 4. The zero-order valence-corrected chi connectivity index (χ0v) is 18.0. The molecule has 0 unspecified atom stereocenters. The molecule has 0 saturated heterocycles. The van der Waals surface area contributed by atoms with Crippen LogP contribution in [-0.4, -0.2) is 34.3 Å². The molecule has 1 atom stereocenters. The number of amides is 2. The Bertz CT molecular complexity index is 982. The predicted octanol–water partition coefficient (Wildman–Crippen LogP) is 3.85. The summed E-state index contributed by atoms with van der Waals surface area (Å²) in [6.45, 7) is 2.07. The van der Waals surface area contributed by atoms with Crippen molar-refractivity contribution in [2.45, 2.75) is 26.1 Å². The van der Waals surface area contributed by atoms with Gasteiger partial charge in [-0.1, -0.05) is 48.0 Å². The Morgan fingerprint density at radius 2 is 1.74 bits per heavy atom. The van der Waals surface area contributed by atoms with E-state index in [1.807, 2.05) is 48.5 Å². The van der Waals surface area contributed by atoms with E-state index in [0.29, 0.717) is 10.8 Å². The van der Waals surface area contributed by atoms with Crippen molar-refractivity contribution in [1.29, 1.82) is 0 Å². The van der Waals surface area contributed by atoms with Gasteiger partial charge in [0.15, 0.2) is 6.61 Å². The number of ether oxygens (including phenoxy) is 1. The third-order valence-electron chi connectivity index (χ3n) is 4.71. The van der Waals surface area contributed by atoms with Gasteiger partial charge in [0.25, 0.3) is 5.91 Å². The van der Waals surface area contributed by atoms with Gasteiger partial charge in [0.1, 0.15) is 11.8 Å². The summed E-state index contributed by atoms with van der Waals surface area (Å²) in [6.07, 6.45) is 1.67. The van der Waals surface area contributed by atoms with Gasteiger partial charge in [-0.2, -0.15) is 0 Å². The van der Waals surface area contributed by atoms with Crippen LogP contribution in [0.15, 0.2) is 79.0 Å². The molecule has 6 nitrogen and oxygen atoms in total. The average Bonchev–Trinajstić information content (AvgIpc) is 2.81. The summed E-state index contributed by atoms with van der Waals surface area (Å²) < 4.78 is 5.61. The van der Waals surface area contributed by atoms with Crippen LogP contribution in [0.3, 0.4) is 0 Å². The molecular weight excluding hydrogens is 414 g/mol. The van der Waals surface area contributed by atoms with Gasteiger partial charge in [-0.3, -0.25) is 14.6 Å². The summed E-state index contributed by atoms with van der Waals surface area (Å²) in [5.41, 5.74) is 1.60. The fourth-order valence-electron chi connectivity index (χ4n) is 2.94. The van der Waals surface area contributed by atoms with Crippen LogP contribution in [0.1, 0.15) is 18.2 Å². The van der Waals surface area contributed by atoms with Gasteiger partial charge in [-0.15, -0.1) is 0 Å². The van der Waals surface area contributed by atoms with E-state index in [4.69, 9.17) is 16.3 Å². The van der Waals surface area contributed by atoms with Crippen LogP contribution in [0.25, 0.3) is 0 Å². The summed E-state index contributed by atoms with van der Waals surface area (Å²) in [5.74, 6) is 0.0292. The van der Waals surface area contributed by atoms with Crippen LogP contribution in [0.4, 0.5) is 0 Å². The number of benzene rings is 2. The molecule has 160 valence electrons. The number of carbonyl (C=O) groups excluding carboxylic acids is 2. The van der Waals surface area contributed by atoms with Crippen LogP contribution in [0.5, 0.6) is 5.75 Å². The first-order valence-electron chi connectivity index (χ1n) is 9.92. The van der Waals surface area contributed by atoms with Gasteiger partial charge in [-0.25, -0.2) is 0 Å². The molecule has 2 amide bonds. The second kappa shape index (κ2) is 11.1. The van der Waals surface area contributed by atoms with Crippen molar-refractivity contribution in [3.05, 3.63) is 95.3 Å². The lowest BCUT2D eigenvalue weighted by Gasteiger charge is -2.28. The Balaban J connectivity index is 1.69. The number of aromatic nitrogens is 1. The molecule has 0 saturated carbocycles. The molecule has 1 N–H and O–H groups in total. The van der Waals surface area contributed by atoms with E-state index in [2.05, 4.69) is 10.3 Å². The van der Waals surface area contributed by atoms with Gasteiger partial charge in [0, 0.05) is 17.8 Å². The largest absolute Gasteiger partial charge is 0.484 e. The maximum atomic E-state index is 13.0. The molecule has 0 aliphatic rings. The molecule has 31 heavy (non-hydrogen) atoms. The fraction of sp³-hybridized carbons (Fsp3) is 0.208. The molecule has 0 aliphatic heterocycles. The molecule has 0 bridgehead atoms. The first-order valence-corrected chi connectivity index (χ1v) is 10.3. The summed E-state index contributed by atoms with van der Waals surface area (Å²) >= 11 is 5.97. The highest BCUT2D eigenvalue weighted by molar-refractivity contribution is 6.30. The number of nitrogens with one attached hydrogen (secondary N) is 1. The second-order valence-electron chi connectivity index (χ2n) is 6.96. The van der Waals surface area contributed by atoms with E-state index >= 15 is 0 Å². The monoisotopic (exact) mass is 437 g/mol. The van der Waals surface area contributed by atoms with Crippen molar-refractivity contribution >= 4 is 23.4 Å². The van der Waals surface area contributed by atoms with E-state index in [-0.39, 0.29) is 31.5 Å². The minimum absolute atomic E-state index is 0.171. The quantitative estimate of drug-likeness (QED) is 0.552. The minimum Gasteiger partial charge on any atom is -0.484 e. The molecule has 1 heterocycles. The molecular formula is C24H24ClN3O3. The van der Waals surface area contributed by atoms with Crippen molar-refractivity contribution in [2.24, 2.45) is 0 Å². The smallest absolute Gasteiger partial charge is 0.261 e. The van der Waals surface area contributed by atoms with E-state index in [9.17, 15) is 9.59 Å². The highest BCUT2D eigenvalue weighted by Crippen LogP contribution is 2.15. The third-order valence-corrected chi connectivity index (χ3v) is 4.96. The summed E-state index contributed by atoms with van der Waals surface area (Å²) in [6, 6.07) is 21.1. The first kappa shape index (κ1) is 22.3. The van der Waals surface area contributed by atoms with Crippen molar-refractivity contribution in [3.8, 4) is 5.75 Å². The number of para-hydroxylation sites is 1. The summed E-state index contributed by atoms with van der Waals surface area (Å²) in [7, 11) is 0. The van der Waals surface area contributed by atoms with Gasteiger partial charge in [-0.05, 0) is 48.9 Å².